The standard InChI is InChI=1S/C25H28N2/c1-4-19(24-22-17-9-5-15(6-10-17)20(22)13(2)26-24)25-23-18-11-7-16(8-12-18)21(23)14(3)27-25/h5,7,9,11,15-18,26H,4,6,8,10,12H2,1-3H3/b25-19-. The predicted molar refractivity (Wildman–Crippen MR) is 112 cm³/mol. The van der Waals surface area contributed by atoms with Crippen LogP contribution in [0.25, 0.3) is 5.57 Å². The molecule has 0 saturated heterocycles. The SMILES string of the molecule is CC/C(=C1/N=C(C)C2=C1C1C=CC2CC1)c1[nH]c(C)c2c1C1C=CC2CC1. The summed E-state index contributed by atoms with van der Waals surface area (Å²) in [5.74, 6) is 2.39. The van der Waals surface area contributed by atoms with Gasteiger partial charge in [0.15, 0.2) is 0 Å². The van der Waals surface area contributed by atoms with E-state index in [0.717, 1.165) is 6.42 Å². The Morgan fingerprint density at radius 3 is 2.11 bits per heavy atom. The molecule has 4 bridgehead atoms. The van der Waals surface area contributed by atoms with Gasteiger partial charge in [-0.3, -0.25) is 4.99 Å². The fourth-order valence-corrected chi connectivity index (χ4v) is 6.51. The molecule has 1 aromatic rings. The molecule has 1 aliphatic heterocycles. The van der Waals surface area contributed by atoms with Crippen molar-refractivity contribution in [3.63, 3.8) is 0 Å². The van der Waals surface area contributed by atoms with Gasteiger partial charge in [0.2, 0.25) is 0 Å². The minimum atomic E-state index is 0.575. The van der Waals surface area contributed by atoms with E-state index >= 15 is 0 Å². The highest BCUT2D eigenvalue weighted by atomic mass is 14.8. The molecule has 4 atom stereocenters. The number of nitrogens with one attached hydrogen (secondary N) is 1. The number of H-pyrrole nitrogens is 1. The maximum atomic E-state index is 5.19. The highest BCUT2D eigenvalue weighted by molar-refractivity contribution is 6.06. The number of allylic oxidation sites excluding steroid dienone is 7. The van der Waals surface area contributed by atoms with Gasteiger partial charge < -0.3 is 4.98 Å². The minimum Gasteiger partial charge on any atom is -0.358 e. The molecule has 0 fully saturated rings. The summed E-state index contributed by atoms with van der Waals surface area (Å²) < 4.78 is 0. The smallest absolute Gasteiger partial charge is 0.0727 e. The molecule has 2 heterocycles. The number of aliphatic imine (C=N–C) groups is 1. The minimum absolute atomic E-state index is 0.575. The number of nitrogens with zero attached hydrogens (tertiary/aromatic N) is 1. The lowest BCUT2D eigenvalue weighted by atomic mass is 9.69. The quantitative estimate of drug-likeness (QED) is 0.599. The lowest BCUT2D eigenvalue weighted by Gasteiger charge is -2.34. The highest BCUT2D eigenvalue weighted by Gasteiger charge is 2.40. The normalized spacial score (nSPS) is 34.3. The van der Waals surface area contributed by atoms with Crippen molar-refractivity contribution in [3.05, 3.63) is 63.7 Å². The Morgan fingerprint density at radius 2 is 1.48 bits per heavy atom. The van der Waals surface area contributed by atoms with Crippen molar-refractivity contribution >= 4 is 11.3 Å². The number of aromatic amines is 1. The molecule has 1 aromatic heterocycles. The van der Waals surface area contributed by atoms with E-state index in [1.165, 1.54) is 54.1 Å². The van der Waals surface area contributed by atoms with Crippen LogP contribution >= 0.6 is 0 Å². The van der Waals surface area contributed by atoms with Crippen LogP contribution in [0.15, 0.2) is 46.1 Å². The second-order valence-electron chi connectivity index (χ2n) is 9.01. The van der Waals surface area contributed by atoms with E-state index in [1.807, 2.05) is 0 Å². The Morgan fingerprint density at radius 1 is 0.889 bits per heavy atom. The number of aromatic nitrogens is 1. The van der Waals surface area contributed by atoms with Gasteiger partial charge in [-0.1, -0.05) is 31.2 Å². The summed E-state index contributed by atoms with van der Waals surface area (Å²) in [7, 11) is 0. The number of aryl methyl sites for hydroxylation is 1. The van der Waals surface area contributed by atoms with Gasteiger partial charge in [-0.25, -0.2) is 0 Å². The fourth-order valence-electron chi connectivity index (χ4n) is 6.51. The van der Waals surface area contributed by atoms with Crippen molar-refractivity contribution in [2.75, 3.05) is 0 Å². The van der Waals surface area contributed by atoms with Gasteiger partial charge in [-0.05, 0) is 68.2 Å². The second-order valence-corrected chi connectivity index (χ2v) is 9.01. The van der Waals surface area contributed by atoms with Crippen LogP contribution in [-0.4, -0.2) is 10.7 Å². The van der Waals surface area contributed by atoms with Crippen molar-refractivity contribution in [1.82, 2.24) is 4.98 Å². The Kier molecular flexibility index (Phi) is 3.22. The van der Waals surface area contributed by atoms with Gasteiger partial charge in [-0.2, -0.15) is 0 Å². The average molecular weight is 357 g/mol. The zero-order valence-corrected chi connectivity index (χ0v) is 16.6. The van der Waals surface area contributed by atoms with E-state index in [4.69, 9.17) is 4.99 Å². The topological polar surface area (TPSA) is 28.1 Å². The maximum Gasteiger partial charge on any atom is 0.0727 e. The summed E-state index contributed by atoms with van der Waals surface area (Å²) in [6.07, 6.45) is 16.0. The molecule has 2 nitrogen and oxygen atoms in total. The Hall–Kier alpha value is -2.09. The van der Waals surface area contributed by atoms with Gasteiger partial charge in [0.1, 0.15) is 0 Å². The van der Waals surface area contributed by atoms with Crippen LogP contribution in [0.2, 0.25) is 0 Å². The van der Waals surface area contributed by atoms with E-state index < -0.39 is 0 Å². The van der Waals surface area contributed by atoms with Crippen LogP contribution in [0.1, 0.15) is 80.3 Å². The molecule has 0 saturated carbocycles. The van der Waals surface area contributed by atoms with Crippen LogP contribution in [0.4, 0.5) is 0 Å². The van der Waals surface area contributed by atoms with Crippen LogP contribution in [0.3, 0.4) is 0 Å². The van der Waals surface area contributed by atoms with Crippen molar-refractivity contribution in [1.29, 1.82) is 0 Å². The third kappa shape index (κ3) is 1.99. The predicted octanol–water partition coefficient (Wildman–Crippen LogP) is 6.34. The van der Waals surface area contributed by atoms with Crippen molar-refractivity contribution in [2.45, 2.75) is 64.7 Å². The molecule has 2 heteroatoms. The van der Waals surface area contributed by atoms with E-state index in [9.17, 15) is 0 Å². The highest BCUT2D eigenvalue weighted by Crippen LogP contribution is 2.53. The first-order chi connectivity index (χ1) is 13.2. The van der Waals surface area contributed by atoms with Crippen LogP contribution in [0.5, 0.6) is 0 Å². The van der Waals surface area contributed by atoms with Gasteiger partial charge in [-0.15, -0.1) is 0 Å². The first-order valence-electron chi connectivity index (χ1n) is 10.8. The largest absolute Gasteiger partial charge is 0.358 e. The molecule has 27 heavy (non-hydrogen) atoms. The van der Waals surface area contributed by atoms with Crippen molar-refractivity contribution in [2.24, 2.45) is 16.8 Å². The van der Waals surface area contributed by atoms with Crippen molar-refractivity contribution in [3.8, 4) is 0 Å². The van der Waals surface area contributed by atoms with Crippen molar-refractivity contribution < 1.29 is 0 Å². The maximum absolute atomic E-state index is 5.19. The molecule has 0 amide bonds. The van der Waals surface area contributed by atoms with E-state index in [0.29, 0.717) is 23.7 Å². The van der Waals surface area contributed by atoms with E-state index in [2.05, 4.69) is 50.1 Å². The Bertz CT molecular complexity index is 1010. The first kappa shape index (κ1) is 15.9. The molecule has 138 valence electrons. The van der Waals surface area contributed by atoms with E-state index in [-0.39, 0.29) is 0 Å². The van der Waals surface area contributed by atoms with Gasteiger partial charge in [0.05, 0.1) is 5.70 Å². The van der Waals surface area contributed by atoms with Crippen LogP contribution in [-0.2, 0) is 0 Å². The zero-order valence-electron chi connectivity index (χ0n) is 16.6. The molecule has 6 aliphatic carbocycles. The second kappa shape index (κ2) is 5.47. The number of fused-ring (bicyclic) bond motifs is 2. The Labute approximate surface area is 161 Å². The summed E-state index contributed by atoms with van der Waals surface area (Å²) in [5, 5.41) is 0. The number of hydrogen-bond donors (Lipinski definition) is 1. The lowest BCUT2D eigenvalue weighted by Crippen LogP contribution is -2.23. The summed E-state index contributed by atoms with van der Waals surface area (Å²) in [4.78, 5) is 9.02. The molecule has 4 unspecified atom stereocenters. The summed E-state index contributed by atoms with van der Waals surface area (Å²) >= 11 is 0. The molecule has 8 rings (SSSR count). The lowest BCUT2D eigenvalue weighted by molar-refractivity contribution is 0.501. The van der Waals surface area contributed by atoms with Gasteiger partial charge in [0, 0.05) is 46.3 Å². The third-order valence-corrected chi connectivity index (χ3v) is 7.64. The zero-order chi connectivity index (χ0) is 18.3. The summed E-state index contributed by atoms with van der Waals surface area (Å²) in [5.41, 5.74) is 13.1. The first-order valence-corrected chi connectivity index (χ1v) is 10.8. The number of hydrogen-bond acceptors (Lipinski definition) is 1. The fraction of sp³-hybridized carbons (Fsp3) is 0.480. The molecular formula is C25H28N2. The van der Waals surface area contributed by atoms with Gasteiger partial charge in [0.25, 0.3) is 0 Å². The Balaban J connectivity index is 1.58. The molecule has 0 aromatic carbocycles. The van der Waals surface area contributed by atoms with Gasteiger partial charge >= 0.3 is 0 Å². The third-order valence-electron chi connectivity index (χ3n) is 7.64. The van der Waals surface area contributed by atoms with Crippen LogP contribution < -0.4 is 0 Å². The summed E-state index contributed by atoms with van der Waals surface area (Å²) in [6, 6.07) is 0. The molecule has 0 spiro atoms. The monoisotopic (exact) mass is 356 g/mol. The average Bonchev–Trinajstić information content (AvgIpc) is 3.26. The molecule has 1 N–H and O–H groups in total. The molecule has 7 aliphatic rings. The molecule has 0 radical (unpaired) electrons. The van der Waals surface area contributed by atoms with Crippen LogP contribution in [0, 0.1) is 18.8 Å². The van der Waals surface area contributed by atoms with E-state index in [1.54, 1.807) is 22.3 Å². The summed E-state index contributed by atoms with van der Waals surface area (Å²) in [6.45, 7) is 6.81. The molecular weight excluding hydrogens is 328 g/mol. The number of rotatable bonds is 2.